The molecule has 25 heavy (non-hydrogen) atoms. The van der Waals surface area contributed by atoms with Gasteiger partial charge in [0.2, 0.25) is 5.91 Å². The second-order valence-corrected chi connectivity index (χ2v) is 5.78. The topological polar surface area (TPSA) is 76.1 Å². The van der Waals surface area contributed by atoms with Crippen LogP contribution in [0.3, 0.4) is 0 Å². The Morgan fingerprint density at radius 2 is 2.12 bits per heavy atom. The third kappa shape index (κ3) is 6.58. The molecule has 1 N–H and O–H groups in total. The van der Waals surface area contributed by atoms with Crippen LogP contribution < -0.4 is 0 Å². The van der Waals surface area contributed by atoms with E-state index in [0.717, 1.165) is 12.8 Å². The van der Waals surface area contributed by atoms with E-state index in [2.05, 4.69) is 6.58 Å². The fourth-order valence-corrected chi connectivity index (χ4v) is 2.58. The zero-order valence-electron chi connectivity index (χ0n) is 15.2. The van der Waals surface area contributed by atoms with Gasteiger partial charge in [-0.3, -0.25) is 9.63 Å². The van der Waals surface area contributed by atoms with Crippen molar-refractivity contribution in [2.45, 2.75) is 32.6 Å². The Labute approximate surface area is 149 Å². The molecular formula is C19H27NO5. The largest absolute Gasteiger partial charge is 0.508 e. The van der Waals surface area contributed by atoms with E-state index < -0.39 is 5.97 Å². The fraction of sp³-hybridized carbons (Fsp3) is 0.474. The lowest BCUT2D eigenvalue weighted by atomic mass is 9.89. The van der Waals surface area contributed by atoms with Gasteiger partial charge >= 0.3 is 5.97 Å². The van der Waals surface area contributed by atoms with Crippen LogP contribution in [-0.2, 0) is 20.8 Å². The molecule has 1 unspecified atom stereocenters. The zero-order valence-corrected chi connectivity index (χ0v) is 15.2. The maximum absolute atomic E-state index is 12.2. The predicted molar refractivity (Wildman–Crippen MR) is 95.1 cm³/mol. The van der Waals surface area contributed by atoms with E-state index in [1.807, 2.05) is 0 Å². The number of phenolic OH excluding ortho intramolecular Hbond substituents is 1. The van der Waals surface area contributed by atoms with E-state index in [9.17, 15) is 14.7 Å². The van der Waals surface area contributed by atoms with Crippen molar-refractivity contribution in [3.8, 4) is 5.75 Å². The van der Waals surface area contributed by atoms with Crippen molar-refractivity contribution < 1.29 is 24.3 Å². The summed E-state index contributed by atoms with van der Waals surface area (Å²) in [7, 11) is 3.00. The SMILES string of the molecule is C=CCCC(CC(=O)N(C)OC)Cc1cc(O)ccc1C(=O)OCC. The van der Waals surface area contributed by atoms with E-state index in [4.69, 9.17) is 9.57 Å². The van der Waals surface area contributed by atoms with Gasteiger partial charge in [0.15, 0.2) is 0 Å². The third-order valence-electron chi connectivity index (χ3n) is 3.96. The van der Waals surface area contributed by atoms with Gasteiger partial charge < -0.3 is 9.84 Å². The number of aromatic hydroxyl groups is 1. The minimum absolute atomic E-state index is 0.0157. The molecule has 0 radical (unpaired) electrons. The quantitative estimate of drug-likeness (QED) is 0.399. The molecule has 0 aliphatic carbocycles. The van der Waals surface area contributed by atoms with E-state index in [1.54, 1.807) is 32.2 Å². The van der Waals surface area contributed by atoms with Crippen LogP contribution in [-0.4, -0.2) is 42.8 Å². The van der Waals surface area contributed by atoms with Crippen molar-refractivity contribution >= 4 is 11.9 Å². The molecule has 1 amide bonds. The molecular weight excluding hydrogens is 322 g/mol. The molecule has 0 saturated heterocycles. The molecule has 0 aliphatic heterocycles. The van der Waals surface area contributed by atoms with Crippen molar-refractivity contribution in [3.05, 3.63) is 42.0 Å². The highest BCUT2D eigenvalue weighted by molar-refractivity contribution is 5.91. The molecule has 0 bridgehead atoms. The molecule has 0 saturated carbocycles. The van der Waals surface area contributed by atoms with Crippen LogP contribution in [0.4, 0.5) is 0 Å². The average Bonchev–Trinajstić information content (AvgIpc) is 2.59. The number of benzene rings is 1. The molecule has 0 heterocycles. The first-order chi connectivity index (χ1) is 11.9. The number of esters is 1. The van der Waals surface area contributed by atoms with Crippen LogP contribution in [0.2, 0.25) is 0 Å². The summed E-state index contributed by atoms with van der Waals surface area (Å²) in [6.07, 6.45) is 4.04. The van der Waals surface area contributed by atoms with Crippen molar-refractivity contribution in [1.82, 2.24) is 5.06 Å². The third-order valence-corrected chi connectivity index (χ3v) is 3.96. The van der Waals surface area contributed by atoms with Crippen LogP contribution in [0.15, 0.2) is 30.9 Å². The van der Waals surface area contributed by atoms with Gasteiger partial charge in [-0.1, -0.05) is 6.08 Å². The molecule has 138 valence electrons. The number of carbonyl (C=O) groups is 2. The monoisotopic (exact) mass is 349 g/mol. The van der Waals surface area contributed by atoms with E-state index >= 15 is 0 Å². The first-order valence-electron chi connectivity index (χ1n) is 8.33. The maximum Gasteiger partial charge on any atom is 0.338 e. The van der Waals surface area contributed by atoms with Gasteiger partial charge in [-0.05, 0) is 55.9 Å². The Hall–Kier alpha value is -2.34. The van der Waals surface area contributed by atoms with Gasteiger partial charge in [0.25, 0.3) is 0 Å². The summed E-state index contributed by atoms with van der Waals surface area (Å²) in [6, 6.07) is 4.56. The number of nitrogens with zero attached hydrogens (tertiary/aromatic N) is 1. The Morgan fingerprint density at radius 3 is 2.72 bits per heavy atom. The Kier molecular flexibility index (Phi) is 8.70. The molecule has 0 aliphatic rings. The number of ether oxygens (including phenoxy) is 1. The fourth-order valence-electron chi connectivity index (χ4n) is 2.58. The molecule has 6 heteroatoms. The molecule has 6 nitrogen and oxygen atoms in total. The van der Waals surface area contributed by atoms with Gasteiger partial charge in [-0.15, -0.1) is 6.58 Å². The molecule has 0 fully saturated rings. The Bertz CT molecular complexity index is 599. The lowest BCUT2D eigenvalue weighted by Crippen LogP contribution is -2.28. The number of carbonyl (C=O) groups excluding carboxylic acids is 2. The Morgan fingerprint density at radius 1 is 1.40 bits per heavy atom. The van der Waals surface area contributed by atoms with E-state index in [1.165, 1.54) is 18.2 Å². The van der Waals surface area contributed by atoms with Crippen LogP contribution in [0.1, 0.15) is 42.1 Å². The highest BCUT2D eigenvalue weighted by Gasteiger charge is 2.21. The lowest BCUT2D eigenvalue weighted by molar-refractivity contribution is -0.169. The van der Waals surface area contributed by atoms with E-state index in [-0.39, 0.29) is 30.6 Å². The van der Waals surface area contributed by atoms with Crippen LogP contribution in [0, 0.1) is 5.92 Å². The lowest BCUT2D eigenvalue weighted by Gasteiger charge is -2.21. The minimum Gasteiger partial charge on any atom is -0.508 e. The second kappa shape index (κ2) is 10.5. The standard InChI is InChI=1S/C19H27NO5/c1-5-7-8-14(12-18(22)20(3)24-4)11-15-13-16(21)9-10-17(15)19(23)25-6-2/h5,9-10,13-14,21H,1,6-8,11-12H2,2-4H3. The summed E-state index contributed by atoms with van der Waals surface area (Å²) in [5.41, 5.74) is 1.08. The van der Waals surface area contributed by atoms with E-state index in [0.29, 0.717) is 17.5 Å². The predicted octanol–water partition coefficient (Wildman–Crippen LogP) is 3.10. The summed E-state index contributed by atoms with van der Waals surface area (Å²) in [5.74, 6) is -0.515. The Balaban J connectivity index is 3.01. The van der Waals surface area contributed by atoms with Gasteiger partial charge in [0.1, 0.15) is 5.75 Å². The number of hydroxylamine groups is 2. The number of hydrogen-bond donors (Lipinski definition) is 1. The van der Waals surface area contributed by atoms with Crippen molar-refractivity contribution in [1.29, 1.82) is 0 Å². The second-order valence-electron chi connectivity index (χ2n) is 5.78. The van der Waals surface area contributed by atoms with Crippen LogP contribution in [0.5, 0.6) is 5.75 Å². The number of allylic oxidation sites excluding steroid dienone is 1. The number of hydrogen-bond acceptors (Lipinski definition) is 5. The summed E-state index contributed by atoms with van der Waals surface area (Å²) in [4.78, 5) is 29.2. The number of phenols is 1. The average molecular weight is 349 g/mol. The summed E-state index contributed by atoms with van der Waals surface area (Å²) >= 11 is 0. The highest BCUT2D eigenvalue weighted by Crippen LogP contribution is 2.25. The zero-order chi connectivity index (χ0) is 18.8. The van der Waals surface area contributed by atoms with Crippen molar-refractivity contribution in [3.63, 3.8) is 0 Å². The van der Waals surface area contributed by atoms with Crippen molar-refractivity contribution in [2.75, 3.05) is 20.8 Å². The normalized spacial score (nSPS) is 11.6. The maximum atomic E-state index is 12.2. The van der Waals surface area contributed by atoms with Gasteiger partial charge in [-0.25, -0.2) is 9.86 Å². The highest BCUT2D eigenvalue weighted by atomic mass is 16.7. The summed E-state index contributed by atoms with van der Waals surface area (Å²) in [6.45, 7) is 5.73. The first-order valence-corrected chi connectivity index (χ1v) is 8.33. The van der Waals surface area contributed by atoms with Crippen LogP contribution in [0.25, 0.3) is 0 Å². The van der Waals surface area contributed by atoms with Gasteiger partial charge in [0.05, 0.1) is 19.3 Å². The molecule has 0 aromatic heterocycles. The first kappa shape index (κ1) is 20.7. The number of rotatable bonds is 10. The van der Waals surface area contributed by atoms with Gasteiger partial charge in [0, 0.05) is 13.5 Å². The molecule has 1 aromatic carbocycles. The summed E-state index contributed by atoms with van der Waals surface area (Å²) < 4.78 is 5.08. The summed E-state index contributed by atoms with van der Waals surface area (Å²) in [5, 5.41) is 11.0. The molecule has 0 spiro atoms. The van der Waals surface area contributed by atoms with Crippen molar-refractivity contribution in [2.24, 2.45) is 5.92 Å². The molecule has 1 aromatic rings. The molecule has 1 atom stereocenters. The van der Waals surface area contributed by atoms with Crippen LogP contribution >= 0.6 is 0 Å². The molecule has 1 rings (SSSR count). The number of amides is 1. The smallest absolute Gasteiger partial charge is 0.338 e. The van der Waals surface area contributed by atoms with Gasteiger partial charge in [-0.2, -0.15) is 0 Å². The minimum atomic E-state index is -0.430.